The molecule has 21 heavy (non-hydrogen) atoms. The number of unbranched alkanes of at least 4 members (excludes halogenated alkanes) is 5. The summed E-state index contributed by atoms with van der Waals surface area (Å²) in [6.45, 7) is 6.70. The zero-order valence-electron chi connectivity index (χ0n) is 14.1. The first kappa shape index (κ1) is 18.5. The normalized spacial score (nSPS) is 14.4. The lowest BCUT2D eigenvalue weighted by molar-refractivity contribution is 0.365. The fraction of sp³-hybridized carbons (Fsp3) is 0.778. The van der Waals surface area contributed by atoms with Crippen molar-refractivity contribution in [2.45, 2.75) is 84.0 Å². The maximum Gasteiger partial charge on any atom is 0.194 e. The van der Waals surface area contributed by atoms with Gasteiger partial charge in [0.1, 0.15) is 5.15 Å². The van der Waals surface area contributed by atoms with Crippen molar-refractivity contribution in [1.29, 1.82) is 0 Å². The zero-order valence-corrected chi connectivity index (χ0v) is 14.9. The summed E-state index contributed by atoms with van der Waals surface area (Å²) in [5, 5.41) is 0.571. The molecule has 0 spiro atoms. The van der Waals surface area contributed by atoms with E-state index in [-0.39, 0.29) is 11.4 Å². The highest BCUT2D eigenvalue weighted by Crippen LogP contribution is 2.40. The molecule has 0 fully saturated rings. The van der Waals surface area contributed by atoms with Crippen molar-refractivity contribution in [3.63, 3.8) is 0 Å². The second-order valence-electron chi connectivity index (χ2n) is 6.56. The van der Waals surface area contributed by atoms with Gasteiger partial charge in [0.15, 0.2) is 5.95 Å². The van der Waals surface area contributed by atoms with Gasteiger partial charge in [-0.3, -0.25) is 0 Å². The molecule has 1 atom stereocenters. The Bertz CT molecular complexity index is 427. The molecule has 0 bridgehead atoms. The summed E-state index contributed by atoms with van der Waals surface area (Å²) in [4.78, 5) is 0. The summed E-state index contributed by atoms with van der Waals surface area (Å²) in [6.07, 6.45) is 10.8. The van der Waals surface area contributed by atoms with Crippen molar-refractivity contribution in [3.05, 3.63) is 22.7 Å². The van der Waals surface area contributed by atoms with Crippen LogP contribution in [0, 0.1) is 5.95 Å². The lowest BCUT2D eigenvalue weighted by Crippen LogP contribution is -2.22. The van der Waals surface area contributed by atoms with Gasteiger partial charge >= 0.3 is 0 Å². The topological polar surface area (TPSA) is 4.93 Å². The lowest BCUT2D eigenvalue weighted by atomic mass is 9.75. The highest BCUT2D eigenvalue weighted by Gasteiger charge is 2.30. The zero-order chi connectivity index (χ0) is 15.9. The molecule has 0 saturated heterocycles. The number of halogens is 2. The lowest BCUT2D eigenvalue weighted by Gasteiger charge is -2.30. The van der Waals surface area contributed by atoms with Gasteiger partial charge in [-0.1, -0.05) is 77.3 Å². The third kappa shape index (κ3) is 5.02. The van der Waals surface area contributed by atoms with Crippen LogP contribution in [0.25, 0.3) is 0 Å². The van der Waals surface area contributed by atoms with E-state index in [1.165, 1.54) is 49.5 Å². The second-order valence-corrected chi connectivity index (χ2v) is 6.92. The van der Waals surface area contributed by atoms with Crippen LogP contribution in [0.3, 0.4) is 0 Å². The average molecular weight is 316 g/mol. The molecule has 122 valence electrons. The van der Waals surface area contributed by atoms with Gasteiger partial charge < -0.3 is 4.57 Å². The van der Waals surface area contributed by atoms with Crippen LogP contribution in [0.15, 0.2) is 6.07 Å². The van der Waals surface area contributed by atoms with Crippen LogP contribution in [0.2, 0.25) is 5.15 Å². The largest absolute Gasteiger partial charge is 0.312 e. The number of aromatic nitrogens is 1. The van der Waals surface area contributed by atoms with Crippen LogP contribution in [0.1, 0.15) is 84.1 Å². The van der Waals surface area contributed by atoms with E-state index in [1.54, 1.807) is 13.1 Å². The standard InChI is InChI=1S/C18H31ClFN/c1-5-7-9-11-13-18(3,12-10-8-6-2)15-14-16(20)21(4)17(15)19/h14H,5-13H2,1-4H3. The van der Waals surface area contributed by atoms with Gasteiger partial charge in [0, 0.05) is 7.05 Å². The molecule has 0 saturated carbocycles. The first-order chi connectivity index (χ1) is 9.96. The minimum atomic E-state index is -0.231. The average Bonchev–Trinajstić information content (AvgIpc) is 2.72. The number of rotatable bonds is 10. The van der Waals surface area contributed by atoms with E-state index in [2.05, 4.69) is 20.8 Å². The molecule has 1 nitrogen and oxygen atoms in total. The van der Waals surface area contributed by atoms with Crippen molar-refractivity contribution in [2.75, 3.05) is 0 Å². The molecule has 0 aromatic carbocycles. The molecule has 1 rings (SSSR count). The molecule has 1 heterocycles. The first-order valence-electron chi connectivity index (χ1n) is 8.47. The predicted octanol–water partition coefficient (Wildman–Crippen LogP) is 6.63. The Balaban J connectivity index is 2.86. The molecule has 1 aromatic heterocycles. The van der Waals surface area contributed by atoms with E-state index >= 15 is 0 Å². The Kier molecular flexibility index (Phi) is 7.79. The Morgan fingerprint density at radius 1 is 1.05 bits per heavy atom. The predicted molar refractivity (Wildman–Crippen MR) is 90.6 cm³/mol. The van der Waals surface area contributed by atoms with Crippen molar-refractivity contribution in [2.24, 2.45) is 7.05 Å². The molecule has 0 aliphatic carbocycles. The number of hydrogen-bond donors (Lipinski definition) is 0. The summed E-state index contributed by atoms with van der Waals surface area (Å²) >= 11 is 6.37. The van der Waals surface area contributed by atoms with Gasteiger partial charge in [-0.05, 0) is 29.9 Å². The van der Waals surface area contributed by atoms with E-state index in [1.807, 2.05) is 0 Å². The van der Waals surface area contributed by atoms with Gasteiger partial charge in [-0.25, -0.2) is 0 Å². The van der Waals surface area contributed by atoms with E-state index in [0.29, 0.717) is 5.15 Å². The van der Waals surface area contributed by atoms with Crippen molar-refractivity contribution < 1.29 is 4.39 Å². The summed E-state index contributed by atoms with van der Waals surface area (Å²) in [5.41, 5.74) is 0.999. The van der Waals surface area contributed by atoms with Crippen LogP contribution in [0.4, 0.5) is 4.39 Å². The summed E-state index contributed by atoms with van der Waals surface area (Å²) in [7, 11) is 1.70. The van der Waals surface area contributed by atoms with Crippen molar-refractivity contribution in [3.8, 4) is 0 Å². The minimum Gasteiger partial charge on any atom is -0.312 e. The van der Waals surface area contributed by atoms with Crippen molar-refractivity contribution in [1.82, 2.24) is 4.57 Å². The molecular weight excluding hydrogens is 285 g/mol. The molecule has 0 radical (unpaired) electrons. The Morgan fingerprint density at radius 3 is 2.05 bits per heavy atom. The first-order valence-corrected chi connectivity index (χ1v) is 8.85. The van der Waals surface area contributed by atoms with E-state index in [0.717, 1.165) is 18.4 Å². The fourth-order valence-corrected chi connectivity index (χ4v) is 3.44. The molecule has 0 amide bonds. The Morgan fingerprint density at radius 2 is 1.57 bits per heavy atom. The molecule has 1 unspecified atom stereocenters. The molecule has 0 aliphatic rings. The monoisotopic (exact) mass is 315 g/mol. The molecule has 1 aromatic rings. The van der Waals surface area contributed by atoms with E-state index in [4.69, 9.17) is 11.6 Å². The molecule has 0 N–H and O–H groups in total. The van der Waals surface area contributed by atoms with Crippen molar-refractivity contribution >= 4 is 11.6 Å². The number of nitrogens with zero attached hydrogens (tertiary/aromatic N) is 1. The highest BCUT2D eigenvalue weighted by molar-refractivity contribution is 6.30. The summed E-state index contributed by atoms with van der Waals surface area (Å²) < 4.78 is 15.3. The van der Waals surface area contributed by atoms with Crippen LogP contribution in [0.5, 0.6) is 0 Å². The van der Waals surface area contributed by atoms with Gasteiger partial charge in [0.2, 0.25) is 0 Å². The quantitative estimate of drug-likeness (QED) is 0.427. The molecule has 3 heteroatoms. The van der Waals surface area contributed by atoms with E-state index < -0.39 is 0 Å². The van der Waals surface area contributed by atoms with Crippen LogP contribution in [-0.2, 0) is 12.5 Å². The van der Waals surface area contributed by atoms with Gasteiger partial charge in [-0.15, -0.1) is 0 Å². The van der Waals surface area contributed by atoms with E-state index in [9.17, 15) is 4.39 Å². The molecular formula is C18H31ClFN. The Hall–Kier alpha value is -0.500. The highest BCUT2D eigenvalue weighted by atomic mass is 35.5. The molecule has 0 aliphatic heterocycles. The SMILES string of the molecule is CCCCCCC(C)(CCCCC)c1cc(F)n(C)c1Cl. The Labute approximate surface area is 134 Å². The van der Waals surface area contributed by atoms with Gasteiger partial charge in [0.25, 0.3) is 0 Å². The van der Waals surface area contributed by atoms with Gasteiger partial charge in [-0.2, -0.15) is 4.39 Å². The maximum absolute atomic E-state index is 13.8. The maximum atomic E-state index is 13.8. The van der Waals surface area contributed by atoms with Crippen LogP contribution in [-0.4, -0.2) is 4.57 Å². The van der Waals surface area contributed by atoms with Crippen LogP contribution >= 0.6 is 11.6 Å². The number of hydrogen-bond acceptors (Lipinski definition) is 0. The third-order valence-electron chi connectivity index (χ3n) is 4.67. The van der Waals surface area contributed by atoms with Gasteiger partial charge in [0.05, 0.1) is 0 Å². The fourth-order valence-electron chi connectivity index (χ4n) is 3.07. The third-order valence-corrected chi connectivity index (χ3v) is 5.12. The van der Waals surface area contributed by atoms with Crippen LogP contribution < -0.4 is 0 Å². The smallest absolute Gasteiger partial charge is 0.194 e. The minimum absolute atomic E-state index is 0.00208. The second kappa shape index (κ2) is 8.82. The summed E-state index contributed by atoms with van der Waals surface area (Å²) in [5.74, 6) is -0.231. The summed E-state index contributed by atoms with van der Waals surface area (Å²) in [6, 6.07) is 1.65.